The molecule has 1 heterocycles. The highest BCUT2D eigenvalue weighted by Gasteiger charge is 2.22. The topological polar surface area (TPSA) is 85.7 Å². The van der Waals surface area contributed by atoms with Gasteiger partial charge in [-0.15, -0.1) is 0 Å². The molecule has 0 saturated heterocycles. The van der Waals surface area contributed by atoms with Gasteiger partial charge in [-0.2, -0.15) is 0 Å². The van der Waals surface area contributed by atoms with Gasteiger partial charge in [0.1, 0.15) is 17.0 Å². The van der Waals surface area contributed by atoms with Crippen molar-refractivity contribution in [3.8, 4) is 0 Å². The molecule has 19 heavy (non-hydrogen) atoms. The molecule has 1 aromatic rings. The average molecular weight is 286 g/mol. The molecule has 0 fully saturated rings. The van der Waals surface area contributed by atoms with E-state index in [0.29, 0.717) is 0 Å². The summed E-state index contributed by atoms with van der Waals surface area (Å²) in [7, 11) is 2.38. The van der Waals surface area contributed by atoms with Crippen LogP contribution in [-0.4, -0.2) is 36.2 Å². The number of hydrogen-bond donors (Lipinski definition) is 1. The van der Waals surface area contributed by atoms with E-state index in [9.17, 15) is 14.7 Å². The molecular weight excluding hydrogens is 274 g/mol. The molecule has 0 spiro atoms. The van der Waals surface area contributed by atoms with Crippen LogP contribution in [0.25, 0.3) is 0 Å². The van der Waals surface area contributed by atoms with Crippen LogP contribution in [0.3, 0.4) is 0 Å². The minimum Gasteiger partial charge on any atom is -0.466 e. The SMILES string of the molecule is C=C(C(=O)OC)C(O)c1ccc(C(=O)OC)nc1Cl. The van der Waals surface area contributed by atoms with E-state index in [1.54, 1.807) is 0 Å². The van der Waals surface area contributed by atoms with Crippen LogP contribution in [0.2, 0.25) is 5.15 Å². The van der Waals surface area contributed by atoms with Gasteiger partial charge in [0.15, 0.2) is 0 Å². The van der Waals surface area contributed by atoms with Crippen molar-refractivity contribution >= 4 is 23.5 Å². The van der Waals surface area contributed by atoms with Crippen LogP contribution < -0.4 is 0 Å². The molecule has 0 saturated carbocycles. The van der Waals surface area contributed by atoms with Crippen molar-refractivity contribution in [2.45, 2.75) is 6.10 Å². The lowest BCUT2D eigenvalue weighted by Gasteiger charge is -2.13. The maximum absolute atomic E-state index is 11.2. The first-order valence-corrected chi connectivity index (χ1v) is 5.50. The second kappa shape index (κ2) is 6.31. The highest BCUT2D eigenvalue weighted by atomic mass is 35.5. The molecule has 0 bridgehead atoms. The Labute approximate surface area is 114 Å². The van der Waals surface area contributed by atoms with Gasteiger partial charge in [-0.25, -0.2) is 14.6 Å². The summed E-state index contributed by atoms with van der Waals surface area (Å²) in [5.74, 6) is -1.42. The van der Waals surface area contributed by atoms with Gasteiger partial charge in [0, 0.05) is 5.56 Å². The summed E-state index contributed by atoms with van der Waals surface area (Å²) in [6, 6.07) is 2.68. The molecule has 0 aromatic carbocycles. The number of pyridine rings is 1. The van der Waals surface area contributed by atoms with E-state index in [0.717, 1.165) is 0 Å². The number of ether oxygens (including phenoxy) is 2. The molecule has 1 N–H and O–H groups in total. The van der Waals surface area contributed by atoms with E-state index in [1.165, 1.54) is 26.4 Å². The summed E-state index contributed by atoms with van der Waals surface area (Å²) in [5, 5.41) is 9.79. The second-order valence-electron chi connectivity index (χ2n) is 3.49. The Morgan fingerprint density at radius 2 is 2.00 bits per heavy atom. The number of carbonyl (C=O) groups excluding carboxylic acids is 2. The van der Waals surface area contributed by atoms with Crippen LogP contribution in [0.5, 0.6) is 0 Å². The van der Waals surface area contributed by atoms with E-state index in [4.69, 9.17) is 11.6 Å². The number of aliphatic hydroxyl groups is 1. The molecule has 0 aliphatic carbocycles. The Bertz CT molecular complexity index is 529. The first-order chi connectivity index (χ1) is 8.92. The quantitative estimate of drug-likeness (QED) is 0.509. The predicted molar refractivity (Wildman–Crippen MR) is 66.7 cm³/mol. The summed E-state index contributed by atoms with van der Waals surface area (Å²) in [6.45, 7) is 3.41. The highest BCUT2D eigenvalue weighted by Crippen LogP contribution is 2.27. The third kappa shape index (κ3) is 3.30. The number of rotatable bonds is 4. The van der Waals surface area contributed by atoms with Crippen LogP contribution in [-0.2, 0) is 14.3 Å². The Balaban J connectivity index is 3.06. The third-order valence-electron chi connectivity index (χ3n) is 2.34. The molecule has 7 heteroatoms. The number of hydrogen-bond acceptors (Lipinski definition) is 6. The largest absolute Gasteiger partial charge is 0.466 e. The predicted octanol–water partition coefficient (Wildman–Crippen LogP) is 1.28. The van der Waals surface area contributed by atoms with Crippen LogP contribution in [0.15, 0.2) is 24.3 Å². The minimum absolute atomic E-state index is 0.00729. The molecular formula is C12H12ClNO5. The fraction of sp³-hybridized carbons (Fsp3) is 0.250. The Hall–Kier alpha value is -1.92. The number of methoxy groups -OCH3 is 2. The lowest BCUT2D eigenvalue weighted by Crippen LogP contribution is -2.13. The maximum atomic E-state index is 11.2. The fourth-order valence-corrected chi connectivity index (χ4v) is 1.56. The van der Waals surface area contributed by atoms with Gasteiger partial charge in [-0.3, -0.25) is 0 Å². The first-order valence-electron chi connectivity index (χ1n) is 5.12. The zero-order chi connectivity index (χ0) is 14.6. The van der Waals surface area contributed by atoms with E-state index in [1.807, 2.05) is 0 Å². The van der Waals surface area contributed by atoms with Gasteiger partial charge in [0.25, 0.3) is 0 Å². The van der Waals surface area contributed by atoms with Crippen LogP contribution in [0.1, 0.15) is 22.2 Å². The van der Waals surface area contributed by atoms with E-state index >= 15 is 0 Å². The lowest BCUT2D eigenvalue weighted by molar-refractivity contribution is -0.137. The maximum Gasteiger partial charge on any atom is 0.356 e. The smallest absolute Gasteiger partial charge is 0.356 e. The second-order valence-corrected chi connectivity index (χ2v) is 3.85. The van der Waals surface area contributed by atoms with E-state index < -0.39 is 18.0 Å². The summed E-state index contributed by atoms with van der Waals surface area (Å²) >= 11 is 5.85. The van der Waals surface area contributed by atoms with Gasteiger partial charge < -0.3 is 14.6 Å². The first kappa shape index (κ1) is 15.1. The van der Waals surface area contributed by atoms with Crippen LogP contribution in [0.4, 0.5) is 0 Å². The summed E-state index contributed by atoms with van der Waals surface area (Å²) < 4.78 is 8.92. The Morgan fingerprint density at radius 1 is 1.37 bits per heavy atom. The molecule has 102 valence electrons. The minimum atomic E-state index is -1.36. The number of halogens is 1. The lowest BCUT2D eigenvalue weighted by atomic mass is 10.0. The van der Waals surface area contributed by atoms with Gasteiger partial charge in [-0.1, -0.05) is 24.2 Å². The summed E-state index contributed by atoms with van der Waals surface area (Å²) in [5.41, 5.74) is -0.0473. The Kier molecular flexibility index (Phi) is 5.02. The standard InChI is InChI=1S/C12H12ClNO5/c1-6(11(16)18-2)9(15)7-4-5-8(12(17)19-3)14-10(7)13/h4-5,9,15H,1H2,2-3H3. The summed E-state index contributed by atoms with van der Waals surface area (Å²) in [4.78, 5) is 26.2. The number of aromatic nitrogens is 1. The van der Waals surface area contributed by atoms with Crippen molar-refractivity contribution < 1.29 is 24.2 Å². The van der Waals surface area contributed by atoms with E-state index in [2.05, 4.69) is 21.0 Å². The van der Waals surface area contributed by atoms with Gasteiger partial charge >= 0.3 is 11.9 Å². The van der Waals surface area contributed by atoms with Crippen molar-refractivity contribution in [1.82, 2.24) is 4.98 Å². The molecule has 1 unspecified atom stereocenters. The number of nitrogens with zero attached hydrogens (tertiary/aromatic N) is 1. The number of esters is 2. The van der Waals surface area contributed by atoms with Crippen molar-refractivity contribution in [1.29, 1.82) is 0 Å². The van der Waals surface area contributed by atoms with Crippen molar-refractivity contribution in [3.05, 3.63) is 40.7 Å². The monoisotopic (exact) mass is 285 g/mol. The highest BCUT2D eigenvalue weighted by molar-refractivity contribution is 6.30. The number of aliphatic hydroxyl groups excluding tert-OH is 1. The van der Waals surface area contributed by atoms with E-state index in [-0.39, 0.29) is 22.0 Å². The molecule has 6 nitrogen and oxygen atoms in total. The molecule has 0 amide bonds. The van der Waals surface area contributed by atoms with Gasteiger partial charge in [0.05, 0.1) is 19.8 Å². The molecule has 1 aromatic heterocycles. The van der Waals surface area contributed by atoms with Crippen LogP contribution in [0, 0.1) is 0 Å². The van der Waals surface area contributed by atoms with Gasteiger partial charge in [0.2, 0.25) is 0 Å². The van der Waals surface area contributed by atoms with Crippen LogP contribution >= 0.6 is 11.6 Å². The molecule has 1 rings (SSSR count). The van der Waals surface area contributed by atoms with Crippen molar-refractivity contribution in [2.75, 3.05) is 14.2 Å². The molecule has 0 aliphatic rings. The average Bonchev–Trinajstić information content (AvgIpc) is 2.43. The number of carbonyl (C=O) groups is 2. The van der Waals surface area contributed by atoms with Gasteiger partial charge in [-0.05, 0) is 6.07 Å². The zero-order valence-electron chi connectivity index (χ0n) is 10.3. The molecule has 0 radical (unpaired) electrons. The molecule has 0 aliphatic heterocycles. The third-order valence-corrected chi connectivity index (χ3v) is 2.65. The normalized spacial score (nSPS) is 11.6. The molecule has 1 atom stereocenters. The Morgan fingerprint density at radius 3 is 2.47 bits per heavy atom. The summed E-state index contributed by atoms with van der Waals surface area (Å²) in [6.07, 6.45) is -1.36. The fourth-order valence-electron chi connectivity index (χ4n) is 1.30. The van der Waals surface area contributed by atoms with Crippen molar-refractivity contribution in [3.63, 3.8) is 0 Å². The zero-order valence-corrected chi connectivity index (χ0v) is 11.1. The van der Waals surface area contributed by atoms with Crippen molar-refractivity contribution in [2.24, 2.45) is 0 Å².